The van der Waals surface area contributed by atoms with Crippen molar-refractivity contribution in [1.29, 1.82) is 0 Å². The predicted molar refractivity (Wildman–Crippen MR) is 129 cm³/mol. The van der Waals surface area contributed by atoms with Crippen molar-refractivity contribution in [2.24, 2.45) is 13.0 Å². The number of methoxy groups -OCH3 is 1. The van der Waals surface area contributed by atoms with Gasteiger partial charge in [0.25, 0.3) is 5.56 Å². The fourth-order valence-corrected chi connectivity index (χ4v) is 4.69. The van der Waals surface area contributed by atoms with Gasteiger partial charge in [0.2, 0.25) is 5.95 Å². The van der Waals surface area contributed by atoms with Crippen LogP contribution in [0.1, 0.15) is 18.1 Å². The number of para-hydroxylation sites is 2. The highest BCUT2D eigenvalue weighted by Crippen LogP contribution is 2.37. The van der Waals surface area contributed by atoms with Gasteiger partial charge in [-0.05, 0) is 30.5 Å². The third-order valence-electron chi connectivity index (χ3n) is 6.24. The predicted octanol–water partition coefficient (Wildman–Crippen LogP) is 3.05. The number of nitrogens with zero attached hydrogens (tertiary/aromatic N) is 5. The van der Waals surface area contributed by atoms with E-state index in [1.165, 1.54) is 9.13 Å². The van der Waals surface area contributed by atoms with Gasteiger partial charge in [-0.15, -0.1) is 0 Å². The van der Waals surface area contributed by atoms with E-state index in [9.17, 15) is 9.59 Å². The molecule has 2 aromatic carbocycles. The largest absolute Gasteiger partial charge is 0.495 e. The molecule has 170 valence electrons. The summed E-state index contributed by atoms with van der Waals surface area (Å²) in [6.45, 7) is 5.74. The van der Waals surface area contributed by atoms with Gasteiger partial charge in [0.1, 0.15) is 5.75 Å². The van der Waals surface area contributed by atoms with Crippen LogP contribution < -0.4 is 20.9 Å². The van der Waals surface area contributed by atoms with Crippen LogP contribution in [-0.2, 0) is 20.1 Å². The second-order valence-corrected chi connectivity index (χ2v) is 8.80. The SMILES string of the molecule is COc1ccccc1N1CC(C)Cn2c1nc1c2c(=O)n(Cc2cccc(C)c2)c(=O)n1C. The smallest absolute Gasteiger partial charge is 0.332 e. The summed E-state index contributed by atoms with van der Waals surface area (Å²) in [5.74, 6) is 1.64. The summed E-state index contributed by atoms with van der Waals surface area (Å²) in [6.07, 6.45) is 0. The highest BCUT2D eigenvalue weighted by Gasteiger charge is 2.31. The van der Waals surface area contributed by atoms with Crippen LogP contribution in [0.15, 0.2) is 58.1 Å². The molecule has 0 bridgehead atoms. The average Bonchev–Trinajstić information content (AvgIpc) is 3.19. The minimum Gasteiger partial charge on any atom is -0.495 e. The highest BCUT2D eigenvalue weighted by molar-refractivity contribution is 5.78. The Labute approximate surface area is 191 Å². The molecular weight excluding hydrogens is 418 g/mol. The zero-order valence-corrected chi connectivity index (χ0v) is 19.3. The van der Waals surface area contributed by atoms with Gasteiger partial charge in [-0.1, -0.05) is 48.9 Å². The van der Waals surface area contributed by atoms with E-state index in [-0.39, 0.29) is 23.7 Å². The molecule has 0 aliphatic carbocycles. The van der Waals surface area contributed by atoms with Crippen LogP contribution in [0.2, 0.25) is 0 Å². The maximum atomic E-state index is 13.6. The number of hydrogen-bond acceptors (Lipinski definition) is 5. The maximum absolute atomic E-state index is 13.6. The molecule has 0 saturated heterocycles. The molecule has 1 atom stereocenters. The fourth-order valence-electron chi connectivity index (χ4n) is 4.69. The first-order chi connectivity index (χ1) is 15.9. The van der Waals surface area contributed by atoms with Crippen molar-refractivity contribution in [2.45, 2.75) is 26.9 Å². The third kappa shape index (κ3) is 3.42. The summed E-state index contributed by atoms with van der Waals surface area (Å²) in [4.78, 5) is 33.7. The van der Waals surface area contributed by atoms with Crippen molar-refractivity contribution in [1.82, 2.24) is 18.7 Å². The van der Waals surface area contributed by atoms with Crippen LogP contribution in [-0.4, -0.2) is 32.3 Å². The zero-order chi connectivity index (χ0) is 23.3. The molecule has 3 heterocycles. The van der Waals surface area contributed by atoms with Gasteiger partial charge in [-0.25, -0.2) is 4.79 Å². The molecule has 1 aliphatic heterocycles. The lowest BCUT2D eigenvalue weighted by atomic mass is 10.1. The first-order valence-electron chi connectivity index (χ1n) is 11.0. The molecule has 0 saturated carbocycles. The number of ether oxygens (including phenoxy) is 1. The summed E-state index contributed by atoms with van der Waals surface area (Å²) in [6, 6.07) is 15.6. The molecular formula is C25H27N5O3. The molecule has 8 nitrogen and oxygen atoms in total. The summed E-state index contributed by atoms with van der Waals surface area (Å²) < 4.78 is 10.3. The Morgan fingerprint density at radius 3 is 2.64 bits per heavy atom. The van der Waals surface area contributed by atoms with Gasteiger partial charge >= 0.3 is 5.69 Å². The molecule has 5 rings (SSSR count). The fraction of sp³-hybridized carbons (Fsp3) is 0.320. The van der Waals surface area contributed by atoms with Crippen molar-refractivity contribution in [3.8, 4) is 5.75 Å². The topological polar surface area (TPSA) is 74.3 Å². The standard InChI is InChI=1S/C25H27N5O3/c1-16-8-7-9-18(12-16)15-30-23(31)21-22(27(3)25(30)32)26-24-28(13-17(2)14-29(21)24)19-10-5-6-11-20(19)33-4/h5-12,17H,13-15H2,1-4H3. The maximum Gasteiger partial charge on any atom is 0.332 e. The Morgan fingerprint density at radius 1 is 1.09 bits per heavy atom. The summed E-state index contributed by atoms with van der Waals surface area (Å²) in [5, 5.41) is 0. The second kappa shape index (κ2) is 7.95. The number of aromatic nitrogens is 4. The molecule has 0 amide bonds. The first-order valence-corrected chi connectivity index (χ1v) is 11.0. The number of fused-ring (bicyclic) bond motifs is 3. The van der Waals surface area contributed by atoms with E-state index >= 15 is 0 Å². The van der Waals surface area contributed by atoms with Crippen LogP contribution >= 0.6 is 0 Å². The highest BCUT2D eigenvalue weighted by atomic mass is 16.5. The quantitative estimate of drug-likeness (QED) is 0.483. The van der Waals surface area contributed by atoms with E-state index in [0.29, 0.717) is 23.7 Å². The number of hydrogen-bond donors (Lipinski definition) is 0. The van der Waals surface area contributed by atoms with Crippen molar-refractivity contribution in [2.75, 3.05) is 18.6 Å². The summed E-state index contributed by atoms with van der Waals surface area (Å²) in [5.41, 5.74) is 3.04. The van der Waals surface area contributed by atoms with E-state index in [2.05, 4.69) is 11.8 Å². The van der Waals surface area contributed by atoms with Crippen LogP contribution in [0, 0.1) is 12.8 Å². The lowest BCUT2D eigenvalue weighted by molar-refractivity contribution is 0.409. The van der Waals surface area contributed by atoms with Crippen LogP contribution in [0.5, 0.6) is 5.75 Å². The van der Waals surface area contributed by atoms with Crippen molar-refractivity contribution < 1.29 is 4.74 Å². The second-order valence-electron chi connectivity index (χ2n) is 8.80. The molecule has 2 aromatic heterocycles. The van der Waals surface area contributed by atoms with Crippen LogP contribution in [0.25, 0.3) is 11.2 Å². The van der Waals surface area contributed by atoms with Gasteiger partial charge in [0.15, 0.2) is 11.2 Å². The molecule has 0 N–H and O–H groups in total. The number of benzene rings is 2. The first kappa shape index (κ1) is 21.1. The Hall–Kier alpha value is -3.81. The number of rotatable bonds is 4. The van der Waals surface area contributed by atoms with Crippen molar-refractivity contribution >= 4 is 22.8 Å². The molecule has 4 aromatic rings. The molecule has 1 aliphatic rings. The molecule has 0 radical (unpaired) electrons. The Kier molecular flexibility index (Phi) is 5.08. The lowest BCUT2D eigenvalue weighted by Crippen LogP contribution is -2.40. The van der Waals surface area contributed by atoms with Crippen LogP contribution in [0.4, 0.5) is 11.6 Å². The Bertz CT molecular complexity index is 1480. The normalized spacial score (nSPS) is 15.6. The summed E-state index contributed by atoms with van der Waals surface area (Å²) >= 11 is 0. The van der Waals surface area contributed by atoms with E-state index in [0.717, 1.165) is 29.1 Å². The van der Waals surface area contributed by atoms with Gasteiger partial charge in [-0.3, -0.25) is 13.9 Å². The zero-order valence-electron chi connectivity index (χ0n) is 19.3. The van der Waals surface area contributed by atoms with E-state index < -0.39 is 0 Å². The van der Waals surface area contributed by atoms with Crippen LogP contribution in [0.3, 0.4) is 0 Å². The molecule has 0 fully saturated rings. The monoisotopic (exact) mass is 445 g/mol. The summed E-state index contributed by atoms with van der Waals surface area (Å²) in [7, 11) is 3.32. The van der Waals surface area contributed by atoms with E-state index in [1.54, 1.807) is 14.2 Å². The van der Waals surface area contributed by atoms with E-state index in [1.807, 2.05) is 60.0 Å². The molecule has 1 unspecified atom stereocenters. The van der Waals surface area contributed by atoms with Gasteiger partial charge < -0.3 is 14.2 Å². The number of imidazole rings is 1. The minimum atomic E-state index is -0.374. The Balaban J connectivity index is 1.73. The van der Waals surface area contributed by atoms with Gasteiger partial charge in [0, 0.05) is 20.1 Å². The Morgan fingerprint density at radius 2 is 1.88 bits per heavy atom. The molecule has 33 heavy (non-hydrogen) atoms. The van der Waals surface area contributed by atoms with Crippen molar-refractivity contribution in [3.05, 3.63) is 80.5 Å². The van der Waals surface area contributed by atoms with Gasteiger partial charge in [0.05, 0.1) is 19.3 Å². The molecule has 0 spiro atoms. The minimum absolute atomic E-state index is 0.218. The third-order valence-corrected chi connectivity index (χ3v) is 6.24. The van der Waals surface area contributed by atoms with Gasteiger partial charge in [-0.2, -0.15) is 4.98 Å². The lowest BCUT2D eigenvalue weighted by Gasteiger charge is -2.33. The molecule has 8 heteroatoms. The van der Waals surface area contributed by atoms with E-state index in [4.69, 9.17) is 9.72 Å². The average molecular weight is 446 g/mol. The van der Waals surface area contributed by atoms with Crippen molar-refractivity contribution in [3.63, 3.8) is 0 Å². The number of anilines is 2. The number of aryl methyl sites for hydroxylation is 2.